The molecule has 0 unspecified atom stereocenters. The molecule has 0 bridgehead atoms. The summed E-state index contributed by atoms with van der Waals surface area (Å²) in [5.41, 5.74) is 7.52. The van der Waals surface area contributed by atoms with E-state index in [0.29, 0.717) is 5.69 Å². The van der Waals surface area contributed by atoms with Crippen LogP contribution in [0.4, 0.5) is 10.5 Å². The van der Waals surface area contributed by atoms with Crippen LogP contribution >= 0.6 is 0 Å². The first-order valence-electron chi connectivity index (χ1n) is 8.47. The van der Waals surface area contributed by atoms with Crippen LogP contribution in [0.3, 0.4) is 0 Å². The largest absolute Gasteiger partial charge is 0.444 e. The lowest BCUT2D eigenvalue weighted by molar-refractivity contribution is -0.525. The van der Waals surface area contributed by atoms with Gasteiger partial charge in [-0.25, -0.2) is 19.9 Å². The van der Waals surface area contributed by atoms with E-state index in [9.17, 15) is 14.9 Å². The van der Waals surface area contributed by atoms with Crippen LogP contribution in [0, 0.1) is 10.1 Å². The van der Waals surface area contributed by atoms with Gasteiger partial charge in [-0.2, -0.15) is 0 Å². The molecule has 1 fully saturated rings. The van der Waals surface area contributed by atoms with Crippen LogP contribution in [0.25, 0.3) is 0 Å². The Bertz CT molecular complexity index is 705. The van der Waals surface area contributed by atoms with E-state index >= 15 is 0 Å². The highest BCUT2D eigenvalue weighted by Gasteiger charge is 2.38. The summed E-state index contributed by atoms with van der Waals surface area (Å²) in [6, 6.07) is 7.15. The van der Waals surface area contributed by atoms with E-state index in [1.54, 1.807) is 18.2 Å². The Kier molecular flexibility index (Phi) is 5.69. The summed E-state index contributed by atoms with van der Waals surface area (Å²) in [4.78, 5) is 26.7. The molecule has 2 rings (SSSR count). The fraction of sp³-hybridized carbons (Fsp3) is 0.529. The minimum Gasteiger partial charge on any atom is -0.444 e. The quantitative estimate of drug-likeness (QED) is 0.326. The molecule has 4 N–H and O–H groups in total. The Balaban J connectivity index is 2.26. The molecule has 1 aromatic rings. The second kappa shape index (κ2) is 7.59. The van der Waals surface area contributed by atoms with E-state index in [1.807, 2.05) is 32.3 Å². The first-order chi connectivity index (χ1) is 12.1. The molecule has 9 heteroatoms. The highest BCUT2D eigenvalue weighted by atomic mass is 16.7. The van der Waals surface area contributed by atoms with Crippen molar-refractivity contribution in [2.24, 2.45) is 10.7 Å². The topological polar surface area (TPSA) is 132 Å². The molecular weight excluding hydrogens is 338 g/mol. The van der Waals surface area contributed by atoms with Crippen LogP contribution in [-0.2, 0) is 10.3 Å². The lowest BCUT2D eigenvalue weighted by Crippen LogP contribution is -2.46. The zero-order valence-corrected chi connectivity index (χ0v) is 15.2. The number of benzene rings is 1. The molecule has 1 saturated carbocycles. The van der Waals surface area contributed by atoms with Crippen molar-refractivity contribution in [3.63, 3.8) is 0 Å². The van der Waals surface area contributed by atoms with Gasteiger partial charge in [0, 0.05) is 0 Å². The van der Waals surface area contributed by atoms with Gasteiger partial charge in [-0.1, -0.05) is 30.4 Å². The predicted molar refractivity (Wildman–Crippen MR) is 97.4 cm³/mol. The fourth-order valence-electron chi connectivity index (χ4n) is 3.09. The Hall–Kier alpha value is -2.84. The first-order valence-corrected chi connectivity index (χ1v) is 8.47. The maximum absolute atomic E-state index is 12.3. The molecule has 1 aliphatic rings. The van der Waals surface area contributed by atoms with Crippen molar-refractivity contribution in [2.45, 2.75) is 57.6 Å². The molecule has 1 aromatic carbocycles. The number of nitrogens with two attached hydrogens (primary N) is 1. The number of carbonyl (C=O) groups is 1. The summed E-state index contributed by atoms with van der Waals surface area (Å²) in [5.74, 6) is -0.312. The van der Waals surface area contributed by atoms with Crippen molar-refractivity contribution >= 4 is 17.7 Å². The van der Waals surface area contributed by atoms with Gasteiger partial charge in [0.05, 0.1) is 11.2 Å². The Labute approximate surface area is 152 Å². The number of nitro groups is 1. The molecule has 1 aliphatic carbocycles. The average molecular weight is 363 g/mol. The number of amides is 1. The zero-order valence-electron chi connectivity index (χ0n) is 15.2. The smallest absolute Gasteiger partial charge is 0.408 e. The van der Waals surface area contributed by atoms with Gasteiger partial charge < -0.3 is 15.8 Å². The number of rotatable bonds is 4. The lowest BCUT2D eigenvalue weighted by Gasteiger charge is -2.32. The van der Waals surface area contributed by atoms with Crippen LogP contribution < -0.4 is 16.5 Å². The highest BCUT2D eigenvalue weighted by molar-refractivity contribution is 5.79. The molecule has 0 saturated heterocycles. The highest BCUT2D eigenvalue weighted by Crippen LogP contribution is 2.40. The minimum atomic E-state index is -0.773. The molecule has 9 nitrogen and oxygen atoms in total. The summed E-state index contributed by atoms with van der Waals surface area (Å²) >= 11 is 0. The van der Waals surface area contributed by atoms with Crippen LogP contribution in [0.15, 0.2) is 29.3 Å². The van der Waals surface area contributed by atoms with E-state index < -0.39 is 22.3 Å². The van der Waals surface area contributed by atoms with Gasteiger partial charge in [-0.3, -0.25) is 0 Å². The van der Waals surface area contributed by atoms with Crippen LogP contribution in [0.5, 0.6) is 0 Å². The molecule has 0 atom stereocenters. The van der Waals surface area contributed by atoms with Crippen LogP contribution in [-0.4, -0.2) is 22.7 Å². The van der Waals surface area contributed by atoms with Crippen molar-refractivity contribution in [1.82, 2.24) is 10.7 Å². The van der Waals surface area contributed by atoms with Crippen molar-refractivity contribution in [2.75, 3.05) is 0 Å². The van der Waals surface area contributed by atoms with Crippen LogP contribution in [0.1, 0.15) is 52.0 Å². The summed E-state index contributed by atoms with van der Waals surface area (Å²) in [6.07, 6.45) is 3.05. The molecule has 26 heavy (non-hydrogen) atoms. The molecule has 0 radical (unpaired) electrons. The van der Waals surface area contributed by atoms with Crippen molar-refractivity contribution in [3.8, 4) is 0 Å². The Morgan fingerprint density at radius 1 is 1.35 bits per heavy atom. The number of ether oxygens (including phenoxy) is 1. The summed E-state index contributed by atoms with van der Waals surface area (Å²) < 4.78 is 5.40. The number of nitrogens with one attached hydrogen (secondary N) is 2. The third kappa shape index (κ3) is 5.33. The van der Waals surface area contributed by atoms with Gasteiger partial charge in [-0.15, -0.1) is 0 Å². The van der Waals surface area contributed by atoms with Crippen molar-refractivity contribution in [3.05, 3.63) is 39.9 Å². The van der Waals surface area contributed by atoms with Gasteiger partial charge in [-0.05, 0) is 51.3 Å². The van der Waals surface area contributed by atoms with Gasteiger partial charge in [0.25, 0.3) is 5.96 Å². The molecule has 142 valence electrons. The van der Waals surface area contributed by atoms with E-state index in [2.05, 4.69) is 10.3 Å². The number of alkyl carbamates (subject to hydrolysis) is 1. The molecule has 0 aliphatic heterocycles. The lowest BCUT2D eigenvalue weighted by atomic mass is 9.88. The standard InChI is InChI=1S/C17H25N5O4/c1-16(2,3)26-15(23)20-17(9-4-5-10-17)12-7-6-8-13(11-12)19-14(18)21-22(24)25/h6-8,11H,4-5,9-10H2,1-3H3,(H,20,23)(H3,18,19,21). The normalized spacial score (nSPS) is 16.8. The number of carbonyl (C=O) groups excluding carboxylic acids is 1. The molecule has 0 aromatic heterocycles. The molecular formula is C17H25N5O4. The SMILES string of the molecule is CC(C)(C)OC(=O)NC1(c2cccc(N=C(N)N[N+](=O)[O-])c2)CCCC1. The van der Waals surface area contributed by atoms with E-state index in [-0.39, 0.29) is 5.96 Å². The number of guanidine groups is 1. The summed E-state index contributed by atoms with van der Waals surface area (Å²) in [7, 11) is 0. The number of nitrogens with zero attached hydrogens (tertiary/aromatic N) is 2. The number of hydrazine groups is 1. The van der Waals surface area contributed by atoms with Gasteiger partial charge in [0.15, 0.2) is 5.03 Å². The maximum atomic E-state index is 12.3. The van der Waals surface area contributed by atoms with Gasteiger partial charge >= 0.3 is 6.09 Å². The zero-order chi connectivity index (χ0) is 19.4. The first kappa shape index (κ1) is 19.5. The minimum absolute atomic E-state index is 0.312. The summed E-state index contributed by atoms with van der Waals surface area (Å²) in [6.45, 7) is 5.44. The predicted octanol–water partition coefficient (Wildman–Crippen LogP) is 2.71. The van der Waals surface area contributed by atoms with E-state index in [4.69, 9.17) is 10.5 Å². The van der Waals surface area contributed by atoms with Crippen LogP contribution in [0.2, 0.25) is 0 Å². The second-order valence-corrected chi connectivity index (χ2v) is 7.33. The molecule has 0 spiro atoms. The Morgan fingerprint density at radius 2 is 2.00 bits per heavy atom. The monoisotopic (exact) mass is 363 g/mol. The maximum Gasteiger partial charge on any atom is 0.408 e. The van der Waals surface area contributed by atoms with E-state index in [1.165, 1.54) is 0 Å². The van der Waals surface area contributed by atoms with Crippen molar-refractivity contribution < 1.29 is 14.6 Å². The third-order valence-corrected chi connectivity index (χ3v) is 4.05. The number of hydrogen-bond donors (Lipinski definition) is 3. The molecule has 0 heterocycles. The summed E-state index contributed by atoms with van der Waals surface area (Å²) in [5, 5.41) is 12.7. The van der Waals surface area contributed by atoms with E-state index in [0.717, 1.165) is 31.2 Å². The van der Waals surface area contributed by atoms with Gasteiger partial charge in [0.1, 0.15) is 5.60 Å². The van der Waals surface area contributed by atoms with Crippen molar-refractivity contribution in [1.29, 1.82) is 0 Å². The fourth-order valence-corrected chi connectivity index (χ4v) is 3.09. The second-order valence-electron chi connectivity index (χ2n) is 7.33. The number of hydrogen-bond acceptors (Lipinski definition) is 5. The third-order valence-electron chi connectivity index (χ3n) is 4.05. The molecule has 1 amide bonds. The number of aliphatic imine (C=N–C) groups is 1. The van der Waals surface area contributed by atoms with Gasteiger partial charge in [0.2, 0.25) is 0 Å². The Morgan fingerprint density at radius 3 is 2.58 bits per heavy atom. The average Bonchev–Trinajstić information content (AvgIpc) is 2.94.